The fourth-order valence-electron chi connectivity index (χ4n) is 1.63. The van der Waals surface area contributed by atoms with Gasteiger partial charge < -0.3 is 5.32 Å². The molecule has 0 aromatic carbocycles. The molecule has 104 valence electrons. The Hall–Kier alpha value is -0.470. The van der Waals surface area contributed by atoms with Crippen LogP contribution in [0.3, 0.4) is 0 Å². The van der Waals surface area contributed by atoms with E-state index in [1.54, 1.807) is 14.1 Å². The number of hydrogen-bond acceptors (Lipinski definition) is 5. The molecule has 2 N–H and O–H groups in total. The minimum absolute atomic E-state index is 0.407. The van der Waals surface area contributed by atoms with E-state index >= 15 is 0 Å². The number of rotatable bonds is 7. The van der Waals surface area contributed by atoms with Gasteiger partial charge in [-0.25, -0.2) is 13.4 Å². The van der Waals surface area contributed by atoms with Crippen LogP contribution in [0.4, 0.5) is 0 Å². The maximum atomic E-state index is 12.2. The molecule has 7 heteroatoms. The van der Waals surface area contributed by atoms with Gasteiger partial charge in [0.05, 0.1) is 0 Å². The molecule has 0 aliphatic carbocycles. The lowest BCUT2D eigenvalue weighted by Crippen LogP contribution is -2.36. The fraction of sp³-hybridized carbons (Fsp3) is 0.636. The average Bonchev–Trinajstić information content (AvgIpc) is 2.59. The Labute approximate surface area is 113 Å². The van der Waals surface area contributed by atoms with E-state index in [0.29, 0.717) is 11.4 Å². The van der Waals surface area contributed by atoms with Crippen molar-refractivity contribution in [2.45, 2.75) is 31.7 Å². The summed E-state index contributed by atoms with van der Waals surface area (Å²) >= 11 is 1.48. The molecule has 1 aromatic rings. The van der Waals surface area contributed by atoms with E-state index < -0.39 is 10.0 Å². The summed E-state index contributed by atoms with van der Waals surface area (Å²) in [5.74, 6) is 0. The van der Waals surface area contributed by atoms with Crippen LogP contribution in [0.1, 0.15) is 23.8 Å². The minimum Gasteiger partial charge on any atom is -0.312 e. The summed E-state index contributed by atoms with van der Waals surface area (Å²) in [5, 5.41) is 6.56. The monoisotopic (exact) mass is 291 g/mol. The van der Waals surface area contributed by atoms with Gasteiger partial charge in [-0.3, -0.25) is 0 Å². The van der Waals surface area contributed by atoms with Crippen molar-refractivity contribution in [1.29, 1.82) is 0 Å². The maximum absolute atomic E-state index is 12.2. The van der Waals surface area contributed by atoms with E-state index in [9.17, 15) is 8.42 Å². The molecule has 0 aliphatic rings. The first kappa shape index (κ1) is 15.6. The molecule has 1 rings (SSSR count). The van der Waals surface area contributed by atoms with Crippen LogP contribution in [0.15, 0.2) is 10.3 Å². The highest BCUT2D eigenvalue weighted by Gasteiger charge is 2.23. The zero-order chi connectivity index (χ0) is 13.8. The van der Waals surface area contributed by atoms with Crippen molar-refractivity contribution >= 4 is 21.4 Å². The van der Waals surface area contributed by atoms with Crippen molar-refractivity contribution in [3.8, 4) is 0 Å². The smallest absolute Gasteiger partial charge is 0.254 e. The molecule has 0 bridgehead atoms. The van der Waals surface area contributed by atoms with Gasteiger partial charge in [0.2, 0.25) is 0 Å². The van der Waals surface area contributed by atoms with E-state index in [4.69, 9.17) is 0 Å². The molecule has 0 unspecified atom stereocenters. The summed E-state index contributed by atoms with van der Waals surface area (Å²) in [4.78, 5) is 3.74. The average molecular weight is 291 g/mol. The van der Waals surface area contributed by atoms with Gasteiger partial charge in [-0.2, -0.15) is 0 Å². The topological polar surface area (TPSA) is 61.4 Å². The van der Waals surface area contributed by atoms with Gasteiger partial charge in [0.15, 0.2) is 0 Å². The van der Waals surface area contributed by atoms with Crippen molar-refractivity contribution in [1.82, 2.24) is 15.2 Å². The van der Waals surface area contributed by atoms with E-state index in [1.165, 1.54) is 16.3 Å². The molecule has 0 aliphatic heterocycles. The van der Waals surface area contributed by atoms with Gasteiger partial charge in [0.25, 0.3) is 10.0 Å². The second kappa shape index (κ2) is 6.63. The van der Waals surface area contributed by atoms with Crippen molar-refractivity contribution in [2.24, 2.45) is 0 Å². The zero-order valence-electron chi connectivity index (χ0n) is 11.3. The number of nitrogens with one attached hydrogen (secondary N) is 2. The summed E-state index contributed by atoms with van der Waals surface area (Å²) in [7, 11) is -0.146. The molecule has 0 fully saturated rings. The van der Waals surface area contributed by atoms with Crippen LogP contribution in [0.25, 0.3) is 0 Å². The second-order valence-corrected chi connectivity index (χ2v) is 6.90. The molecule has 0 saturated heterocycles. The van der Waals surface area contributed by atoms with Gasteiger partial charge in [0, 0.05) is 25.5 Å². The van der Waals surface area contributed by atoms with Crippen LogP contribution in [0, 0.1) is 6.92 Å². The number of nitrogens with zero attached hydrogens (tertiary/aromatic N) is 1. The minimum atomic E-state index is -3.47. The largest absolute Gasteiger partial charge is 0.312 e. The van der Waals surface area contributed by atoms with Gasteiger partial charge >= 0.3 is 0 Å². The molecule has 0 radical (unpaired) electrons. The molecule has 0 saturated carbocycles. The highest BCUT2D eigenvalue weighted by Crippen LogP contribution is 2.26. The molecule has 0 atom stereocenters. The summed E-state index contributed by atoms with van der Waals surface area (Å²) in [6.07, 6.45) is 1.03. The Morgan fingerprint density at radius 2 is 2.06 bits per heavy atom. The molecule has 18 heavy (non-hydrogen) atoms. The van der Waals surface area contributed by atoms with Crippen LogP contribution in [0.5, 0.6) is 0 Å². The summed E-state index contributed by atoms with van der Waals surface area (Å²) in [6.45, 7) is 5.38. The lowest BCUT2D eigenvalue weighted by Gasteiger charge is -2.14. The van der Waals surface area contributed by atoms with Crippen molar-refractivity contribution in [3.05, 3.63) is 15.8 Å². The number of sulfonamides is 1. The molecule has 1 aromatic heterocycles. The third-order valence-corrected chi connectivity index (χ3v) is 5.22. The number of thiophene rings is 1. The van der Waals surface area contributed by atoms with E-state index in [1.807, 2.05) is 12.3 Å². The van der Waals surface area contributed by atoms with Crippen LogP contribution in [-0.4, -0.2) is 34.1 Å². The molecule has 0 spiro atoms. The van der Waals surface area contributed by atoms with E-state index in [2.05, 4.69) is 17.1 Å². The Balaban J connectivity index is 2.96. The number of aryl methyl sites for hydroxylation is 1. The summed E-state index contributed by atoms with van der Waals surface area (Å²) in [6, 6.07) is 0. The van der Waals surface area contributed by atoms with E-state index in [-0.39, 0.29) is 0 Å². The van der Waals surface area contributed by atoms with Crippen LogP contribution in [-0.2, 0) is 16.6 Å². The SMILES string of the molecule is CCCNCc1scc(C)c1S(=O)(=O)NN(C)C. The van der Waals surface area contributed by atoms with Crippen LogP contribution < -0.4 is 10.1 Å². The van der Waals surface area contributed by atoms with Crippen molar-refractivity contribution < 1.29 is 8.42 Å². The molecule has 1 heterocycles. The third kappa shape index (κ3) is 4.03. The fourth-order valence-corrected chi connectivity index (χ4v) is 4.50. The Bertz CT molecular complexity index is 480. The first-order valence-electron chi connectivity index (χ1n) is 5.86. The normalized spacial score (nSPS) is 12.3. The standard InChI is InChI=1S/C11H21N3O2S2/c1-5-6-12-7-10-11(9(2)8-17-10)18(15,16)13-14(3)4/h8,12-13H,5-7H2,1-4H3. The number of hydrogen-bond donors (Lipinski definition) is 2. The van der Waals surface area contributed by atoms with Crippen molar-refractivity contribution in [2.75, 3.05) is 20.6 Å². The van der Waals surface area contributed by atoms with Crippen LogP contribution >= 0.6 is 11.3 Å². The molecule has 0 amide bonds. The lowest BCUT2D eigenvalue weighted by atomic mass is 10.3. The van der Waals surface area contributed by atoms with E-state index in [0.717, 1.165) is 23.4 Å². The predicted octanol–water partition coefficient (Wildman–Crippen LogP) is 1.31. The van der Waals surface area contributed by atoms with Crippen molar-refractivity contribution in [3.63, 3.8) is 0 Å². The highest BCUT2D eigenvalue weighted by atomic mass is 32.2. The van der Waals surface area contributed by atoms with Crippen LogP contribution in [0.2, 0.25) is 0 Å². The third-order valence-electron chi connectivity index (χ3n) is 2.27. The van der Waals surface area contributed by atoms with Gasteiger partial charge in [0.1, 0.15) is 4.90 Å². The maximum Gasteiger partial charge on any atom is 0.254 e. The highest BCUT2D eigenvalue weighted by molar-refractivity contribution is 7.89. The Morgan fingerprint density at radius 3 is 2.61 bits per heavy atom. The van der Waals surface area contributed by atoms with Gasteiger partial charge in [-0.05, 0) is 30.8 Å². The molecule has 5 nitrogen and oxygen atoms in total. The molecular formula is C11H21N3O2S2. The number of hydrazine groups is 1. The lowest BCUT2D eigenvalue weighted by molar-refractivity contribution is 0.363. The Kier molecular flexibility index (Phi) is 5.74. The van der Waals surface area contributed by atoms with Gasteiger partial charge in [-0.15, -0.1) is 16.2 Å². The zero-order valence-corrected chi connectivity index (χ0v) is 12.9. The summed E-state index contributed by atoms with van der Waals surface area (Å²) < 4.78 is 24.4. The molecular weight excluding hydrogens is 270 g/mol. The van der Waals surface area contributed by atoms with Gasteiger partial charge in [-0.1, -0.05) is 6.92 Å². The predicted molar refractivity (Wildman–Crippen MR) is 75.1 cm³/mol. The summed E-state index contributed by atoms with van der Waals surface area (Å²) in [5.41, 5.74) is 0.794. The second-order valence-electron chi connectivity index (χ2n) is 4.34. The first-order valence-corrected chi connectivity index (χ1v) is 8.22. The Morgan fingerprint density at radius 1 is 1.39 bits per heavy atom. The quantitative estimate of drug-likeness (QED) is 0.587. The first-order chi connectivity index (χ1) is 8.38.